The van der Waals surface area contributed by atoms with Gasteiger partial charge in [0.2, 0.25) is 0 Å². The van der Waals surface area contributed by atoms with Crippen molar-refractivity contribution in [3.63, 3.8) is 0 Å². The van der Waals surface area contributed by atoms with Gasteiger partial charge in [0.25, 0.3) is 5.91 Å². The Bertz CT molecular complexity index is 1040. The molecule has 0 bridgehead atoms. The molecule has 7 nitrogen and oxygen atoms in total. The highest BCUT2D eigenvalue weighted by molar-refractivity contribution is 6.42. The zero-order chi connectivity index (χ0) is 19.8. The van der Waals surface area contributed by atoms with Crippen LogP contribution in [0.25, 0.3) is 16.9 Å². The number of amides is 1. The summed E-state index contributed by atoms with van der Waals surface area (Å²) in [6.45, 7) is 0. The summed E-state index contributed by atoms with van der Waals surface area (Å²) >= 11 is 12.2. The smallest absolute Gasteiger partial charge is 0.267 e. The number of carbonyl (C=O) groups is 1. The predicted octanol–water partition coefficient (Wildman–Crippen LogP) is 3.48. The molecule has 2 heterocycles. The molecular weight excluding hydrogens is 399 g/mol. The first-order chi connectivity index (χ1) is 13.4. The van der Waals surface area contributed by atoms with Crippen molar-refractivity contribution < 1.29 is 4.79 Å². The summed E-state index contributed by atoms with van der Waals surface area (Å²) in [5, 5.41) is 4.34. The van der Waals surface area contributed by atoms with Gasteiger partial charge in [-0.25, -0.2) is 9.97 Å². The van der Waals surface area contributed by atoms with Crippen molar-refractivity contribution in [1.82, 2.24) is 14.4 Å². The summed E-state index contributed by atoms with van der Waals surface area (Å²) in [7, 11) is 0. The number of hydrogen-bond acceptors (Lipinski definition) is 5. The first kappa shape index (κ1) is 19.0. The number of anilines is 1. The number of hydrogen-bond donors (Lipinski definition) is 3. The lowest BCUT2D eigenvalue weighted by Crippen LogP contribution is -2.33. The zero-order valence-electron chi connectivity index (χ0n) is 15.0. The van der Waals surface area contributed by atoms with E-state index in [9.17, 15) is 4.79 Å². The second kappa shape index (κ2) is 7.58. The lowest BCUT2D eigenvalue weighted by Gasteiger charge is -2.27. The molecule has 0 radical (unpaired) electrons. The summed E-state index contributed by atoms with van der Waals surface area (Å²) < 4.78 is 1.66. The molecule has 0 unspecified atom stereocenters. The van der Waals surface area contributed by atoms with Crippen LogP contribution in [-0.4, -0.2) is 32.4 Å². The average Bonchev–Trinajstić information content (AvgIpc) is 3.11. The Hall–Kier alpha value is -2.35. The van der Waals surface area contributed by atoms with Gasteiger partial charge in [0.1, 0.15) is 5.69 Å². The minimum atomic E-state index is -0.578. The van der Waals surface area contributed by atoms with E-state index in [0.29, 0.717) is 27.2 Å². The van der Waals surface area contributed by atoms with Crippen molar-refractivity contribution >= 4 is 40.6 Å². The van der Waals surface area contributed by atoms with Crippen LogP contribution < -0.4 is 16.8 Å². The summed E-state index contributed by atoms with van der Waals surface area (Å²) in [5.74, 6) is 0.0301. The van der Waals surface area contributed by atoms with Crippen LogP contribution in [-0.2, 0) is 0 Å². The van der Waals surface area contributed by atoms with Crippen LogP contribution >= 0.6 is 23.2 Å². The van der Waals surface area contributed by atoms with Crippen molar-refractivity contribution in [2.45, 2.75) is 37.8 Å². The van der Waals surface area contributed by atoms with Gasteiger partial charge in [-0.05, 0) is 37.8 Å². The number of imidazole rings is 1. The molecule has 4 rings (SSSR count). The Kier molecular flexibility index (Phi) is 5.14. The van der Waals surface area contributed by atoms with E-state index in [1.165, 1.54) is 6.20 Å². The van der Waals surface area contributed by atoms with Crippen LogP contribution in [0.1, 0.15) is 36.2 Å². The SMILES string of the molecule is NC(=O)c1cnc(NC2CCC(N)CC2)c2nc(-c3ccc(Cl)c(Cl)c3)cn12. The molecule has 0 spiro atoms. The number of halogens is 2. The van der Waals surface area contributed by atoms with Crippen LogP contribution in [0.5, 0.6) is 0 Å². The van der Waals surface area contributed by atoms with Gasteiger partial charge in [-0.1, -0.05) is 29.3 Å². The Labute approximate surface area is 172 Å². The number of primary amides is 1. The number of nitrogens with zero attached hydrogens (tertiary/aromatic N) is 3. The Morgan fingerprint density at radius 1 is 1.18 bits per heavy atom. The van der Waals surface area contributed by atoms with E-state index in [0.717, 1.165) is 31.2 Å². The number of nitrogens with two attached hydrogens (primary N) is 2. The lowest BCUT2D eigenvalue weighted by molar-refractivity contribution is 0.0994. The van der Waals surface area contributed by atoms with E-state index < -0.39 is 5.91 Å². The van der Waals surface area contributed by atoms with Gasteiger partial charge in [0, 0.05) is 23.8 Å². The number of fused-ring (bicyclic) bond motifs is 1. The van der Waals surface area contributed by atoms with E-state index in [-0.39, 0.29) is 17.8 Å². The van der Waals surface area contributed by atoms with Crippen molar-refractivity contribution in [2.75, 3.05) is 5.32 Å². The molecule has 0 aliphatic heterocycles. The fourth-order valence-electron chi connectivity index (χ4n) is 3.51. The summed E-state index contributed by atoms with van der Waals surface area (Å²) in [6, 6.07) is 5.79. The van der Waals surface area contributed by atoms with E-state index in [1.54, 1.807) is 22.7 Å². The molecule has 2 aromatic heterocycles. The fourth-order valence-corrected chi connectivity index (χ4v) is 3.81. The predicted molar refractivity (Wildman–Crippen MR) is 111 cm³/mol. The number of rotatable bonds is 4. The minimum Gasteiger partial charge on any atom is -0.364 e. The maximum absolute atomic E-state index is 11.9. The molecule has 1 saturated carbocycles. The largest absolute Gasteiger partial charge is 0.364 e. The summed E-state index contributed by atoms with van der Waals surface area (Å²) in [5.41, 5.74) is 13.7. The zero-order valence-corrected chi connectivity index (χ0v) is 16.5. The first-order valence-corrected chi connectivity index (χ1v) is 9.83. The van der Waals surface area contributed by atoms with Crippen LogP contribution in [0.4, 0.5) is 5.82 Å². The molecule has 1 amide bonds. The molecule has 3 aromatic rings. The maximum atomic E-state index is 11.9. The molecule has 0 atom stereocenters. The second-order valence-corrected chi connectivity index (χ2v) is 7.88. The van der Waals surface area contributed by atoms with Gasteiger partial charge in [-0.3, -0.25) is 9.20 Å². The topological polar surface area (TPSA) is 111 Å². The van der Waals surface area contributed by atoms with Gasteiger partial charge in [-0.2, -0.15) is 0 Å². The minimum absolute atomic E-state index is 0.255. The van der Waals surface area contributed by atoms with Crippen LogP contribution in [0.2, 0.25) is 10.0 Å². The molecule has 1 aliphatic rings. The van der Waals surface area contributed by atoms with Gasteiger partial charge >= 0.3 is 0 Å². The highest BCUT2D eigenvalue weighted by atomic mass is 35.5. The van der Waals surface area contributed by atoms with Gasteiger partial charge in [-0.15, -0.1) is 0 Å². The molecule has 9 heteroatoms. The average molecular weight is 419 g/mol. The van der Waals surface area contributed by atoms with Crippen molar-refractivity contribution in [2.24, 2.45) is 11.5 Å². The fraction of sp³-hybridized carbons (Fsp3) is 0.316. The maximum Gasteiger partial charge on any atom is 0.267 e. The number of nitrogens with one attached hydrogen (secondary N) is 1. The monoisotopic (exact) mass is 418 g/mol. The normalized spacial score (nSPS) is 19.7. The van der Waals surface area contributed by atoms with E-state index in [4.69, 9.17) is 34.7 Å². The van der Waals surface area contributed by atoms with Crippen molar-refractivity contribution in [3.8, 4) is 11.3 Å². The summed E-state index contributed by atoms with van der Waals surface area (Å²) in [6.07, 6.45) is 7.08. The molecule has 5 N–H and O–H groups in total. The molecule has 0 saturated heterocycles. The van der Waals surface area contributed by atoms with Gasteiger partial charge in [0.15, 0.2) is 11.5 Å². The molecule has 146 valence electrons. The number of benzene rings is 1. The molecule has 1 aliphatic carbocycles. The highest BCUT2D eigenvalue weighted by Gasteiger charge is 2.21. The Balaban J connectivity index is 1.76. The van der Waals surface area contributed by atoms with Crippen molar-refractivity contribution in [1.29, 1.82) is 0 Å². The number of carbonyl (C=O) groups excluding carboxylic acids is 1. The van der Waals surface area contributed by atoms with E-state index >= 15 is 0 Å². The highest BCUT2D eigenvalue weighted by Crippen LogP contribution is 2.30. The Morgan fingerprint density at radius 2 is 1.93 bits per heavy atom. The first-order valence-electron chi connectivity index (χ1n) is 9.08. The van der Waals surface area contributed by atoms with Gasteiger partial charge in [0.05, 0.1) is 21.9 Å². The van der Waals surface area contributed by atoms with Crippen LogP contribution in [0.15, 0.2) is 30.6 Å². The molecule has 1 fully saturated rings. The summed E-state index contributed by atoms with van der Waals surface area (Å²) in [4.78, 5) is 20.9. The van der Waals surface area contributed by atoms with Crippen molar-refractivity contribution in [3.05, 3.63) is 46.3 Å². The molecule has 28 heavy (non-hydrogen) atoms. The van der Waals surface area contributed by atoms with E-state index in [1.807, 2.05) is 6.07 Å². The lowest BCUT2D eigenvalue weighted by atomic mass is 9.92. The third kappa shape index (κ3) is 3.65. The third-order valence-electron chi connectivity index (χ3n) is 5.07. The number of aromatic nitrogens is 3. The molecule has 1 aromatic carbocycles. The quantitative estimate of drug-likeness (QED) is 0.600. The second-order valence-electron chi connectivity index (χ2n) is 7.06. The van der Waals surface area contributed by atoms with Crippen LogP contribution in [0.3, 0.4) is 0 Å². The van der Waals surface area contributed by atoms with Gasteiger partial charge < -0.3 is 16.8 Å². The third-order valence-corrected chi connectivity index (χ3v) is 5.81. The van der Waals surface area contributed by atoms with E-state index in [2.05, 4.69) is 15.3 Å². The van der Waals surface area contributed by atoms with Crippen LogP contribution in [0, 0.1) is 0 Å². The standard InChI is InChI=1S/C19H20Cl2N6O/c20-13-6-1-10(7-14(13)21)15-9-27-16(17(23)28)8-24-18(19(27)26-15)25-12-4-2-11(22)3-5-12/h1,6-9,11-12H,2-5,22H2,(H2,23,28)(H,24,25). The molecular formula is C19H20Cl2N6O. The Morgan fingerprint density at radius 3 is 2.61 bits per heavy atom.